The van der Waals surface area contributed by atoms with E-state index in [4.69, 9.17) is 4.98 Å². The van der Waals surface area contributed by atoms with Crippen molar-refractivity contribution in [1.29, 1.82) is 0 Å². The molecule has 1 aromatic heterocycles. The molecule has 0 saturated heterocycles. The number of carbonyl (C=O) groups is 2. The molecule has 1 heterocycles. The average molecular weight is 412 g/mol. The second-order valence-corrected chi connectivity index (χ2v) is 7.67. The summed E-state index contributed by atoms with van der Waals surface area (Å²) in [7, 11) is 1.98. The van der Waals surface area contributed by atoms with E-state index in [2.05, 4.69) is 10.6 Å². The summed E-state index contributed by atoms with van der Waals surface area (Å²) in [5.74, 6) is 0.312. The molecular weight excluding hydrogens is 388 g/mol. The number of fused-ring (bicyclic) bond motifs is 1. The van der Waals surface area contributed by atoms with Crippen LogP contribution < -0.4 is 10.6 Å². The molecule has 0 spiro atoms. The van der Waals surface area contributed by atoms with Crippen molar-refractivity contribution in [3.63, 3.8) is 0 Å². The maximum Gasteiger partial charge on any atom is 0.251 e. The smallest absolute Gasteiger partial charge is 0.251 e. The lowest BCUT2D eigenvalue weighted by Gasteiger charge is -2.09. The van der Waals surface area contributed by atoms with Crippen LogP contribution >= 0.6 is 0 Å². The monoisotopic (exact) mass is 412 g/mol. The topological polar surface area (TPSA) is 76.0 Å². The summed E-state index contributed by atoms with van der Waals surface area (Å²) in [6.45, 7) is 3.78. The maximum atomic E-state index is 12.3. The van der Waals surface area contributed by atoms with Gasteiger partial charge in [0.2, 0.25) is 5.91 Å². The van der Waals surface area contributed by atoms with Crippen LogP contribution in [0.15, 0.2) is 66.7 Å². The summed E-state index contributed by atoms with van der Waals surface area (Å²) in [6, 6.07) is 21.1. The minimum absolute atomic E-state index is 0.0989. The minimum Gasteiger partial charge on any atom is -0.343 e. The van der Waals surface area contributed by atoms with Crippen molar-refractivity contribution in [2.75, 3.05) is 11.9 Å². The van der Waals surface area contributed by atoms with Crippen LogP contribution in [0.4, 0.5) is 5.69 Å². The predicted octanol–water partition coefficient (Wildman–Crippen LogP) is 4.23. The average Bonchev–Trinajstić information content (AvgIpc) is 3.09. The number of nitrogens with one attached hydrogen (secondary N) is 2. The summed E-state index contributed by atoms with van der Waals surface area (Å²) in [5, 5.41) is 5.48. The molecule has 0 radical (unpaired) electrons. The van der Waals surface area contributed by atoms with Gasteiger partial charge in [-0.1, -0.05) is 29.3 Å². The second-order valence-electron chi connectivity index (χ2n) is 7.67. The van der Waals surface area contributed by atoms with E-state index in [1.165, 1.54) is 0 Å². The van der Waals surface area contributed by atoms with Gasteiger partial charge in [0.1, 0.15) is 5.82 Å². The highest BCUT2D eigenvalue weighted by Gasteiger charge is 2.11. The fraction of sp³-hybridized carbons (Fsp3) is 0.160. The zero-order chi connectivity index (χ0) is 22.0. The molecule has 6 heteroatoms. The van der Waals surface area contributed by atoms with Crippen LogP contribution in [0.5, 0.6) is 0 Å². The summed E-state index contributed by atoms with van der Waals surface area (Å²) >= 11 is 0. The molecule has 0 bridgehead atoms. The zero-order valence-electron chi connectivity index (χ0n) is 17.8. The molecule has 0 aliphatic rings. The van der Waals surface area contributed by atoms with E-state index in [1.54, 1.807) is 12.1 Å². The number of carbonyl (C=O) groups excluding carboxylic acids is 2. The van der Waals surface area contributed by atoms with Crippen molar-refractivity contribution in [3.8, 4) is 11.4 Å². The van der Waals surface area contributed by atoms with Crippen molar-refractivity contribution in [3.05, 3.63) is 83.4 Å². The number of para-hydroxylation sites is 2. The Morgan fingerprint density at radius 3 is 2.29 bits per heavy atom. The first-order valence-corrected chi connectivity index (χ1v) is 10.1. The minimum atomic E-state index is -0.284. The number of benzene rings is 3. The molecule has 0 aliphatic carbocycles. The SMILES string of the molecule is Cc1cc(C)cc(C(=O)NCC(=O)Nc2ccc(-c3nc4ccccc4n3C)cc2)c1. The van der Waals surface area contributed by atoms with Gasteiger partial charge in [-0.3, -0.25) is 9.59 Å². The molecule has 0 saturated carbocycles. The highest BCUT2D eigenvalue weighted by molar-refractivity contribution is 5.99. The molecular formula is C25H24N4O2. The Bertz CT molecular complexity index is 1250. The van der Waals surface area contributed by atoms with Crippen LogP contribution in [-0.4, -0.2) is 27.9 Å². The summed E-state index contributed by atoms with van der Waals surface area (Å²) in [5.41, 5.74) is 6.20. The molecule has 4 rings (SSSR count). The van der Waals surface area contributed by atoms with Gasteiger partial charge >= 0.3 is 0 Å². The van der Waals surface area contributed by atoms with E-state index in [-0.39, 0.29) is 18.4 Å². The van der Waals surface area contributed by atoms with Crippen molar-refractivity contribution in [1.82, 2.24) is 14.9 Å². The number of rotatable bonds is 5. The number of hydrogen-bond donors (Lipinski definition) is 2. The fourth-order valence-electron chi connectivity index (χ4n) is 3.68. The Labute approximate surface area is 180 Å². The number of aryl methyl sites for hydroxylation is 3. The molecule has 0 fully saturated rings. The zero-order valence-corrected chi connectivity index (χ0v) is 17.8. The van der Waals surface area contributed by atoms with Gasteiger partial charge < -0.3 is 15.2 Å². The number of aromatic nitrogens is 2. The van der Waals surface area contributed by atoms with E-state index in [0.29, 0.717) is 11.3 Å². The lowest BCUT2D eigenvalue weighted by atomic mass is 10.1. The largest absolute Gasteiger partial charge is 0.343 e. The third-order valence-corrected chi connectivity index (χ3v) is 5.11. The van der Waals surface area contributed by atoms with Crippen LogP contribution in [0.25, 0.3) is 22.4 Å². The van der Waals surface area contributed by atoms with Gasteiger partial charge in [0.25, 0.3) is 5.91 Å². The Morgan fingerprint density at radius 2 is 1.61 bits per heavy atom. The molecule has 3 aromatic carbocycles. The van der Waals surface area contributed by atoms with Gasteiger partial charge in [-0.2, -0.15) is 0 Å². The fourth-order valence-corrected chi connectivity index (χ4v) is 3.68. The third kappa shape index (κ3) is 4.48. The molecule has 4 aromatic rings. The molecule has 0 atom stereocenters. The first kappa shape index (κ1) is 20.3. The van der Waals surface area contributed by atoms with Gasteiger partial charge in [0.05, 0.1) is 17.6 Å². The Kier molecular flexibility index (Phi) is 5.54. The first-order valence-electron chi connectivity index (χ1n) is 10.1. The number of imidazole rings is 1. The van der Waals surface area contributed by atoms with Crippen molar-refractivity contribution >= 4 is 28.5 Å². The molecule has 2 amide bonds. The van der Waals surface area contributed by atoms with Crippen LogP contribution in [0, 0.1) is 13.8 Å². The van der Waals surface area contributed by atoms with Gasteiger partial charge in [-0.15, -0.1) is 0 Å². The molecule has 0 unspecified atom stereocenters. The predicted molar refractivity (Wildman–Crippen MR) is 123 cm³/mol. The summed E-state index contributed by atoms with van der Waals surface area (Å²) in [6.07, 6.45) is 0. The third-order valence-electron chi connectivity index (χ3n) is 5.11. The van der Waals surface area contributed by atoms with Gasteiger partial charge in [0.15, 0.2) is 0 Å². The first-order chi connectivity index (χ1) is 14.9. The highest BCUT2D eigenvalue weighted by Crippen LogP contribution is 2.24. The van der Waals surface area contributed by atoms with E-state index in [1.807, 2.05) is 80.1 Å². The molecule has 2 N–H and O–H groups in total. The molecule has 6 nitrogen and oxygen atoms in total. The lowest BCUT2D eigenvalue weighted by Crippen LogP contribution is -2.32. The van der Waals surface area contributed by atoms with E-state index < -0.39 is 0 Å². The van der Waals surface area contributed by atoms with E-state index in [0.717, 1.165) is 33.5 Å². The normalized spacial score (nSPS) is 10.8. The highest BCUT2D eigenvalue weighted by atomic mass is 16.2. The Hall–Kier alpha value is -3.93. The van der Waals surface area contributed by atoms with Crippen LogP contribution in [0.3, 0.4) is 0 Å². The lowest BCUT2D eigenvalue weighted by molar-refractivity contribution is -0.115. The standard InChI is InChI=1S/C25H24N4O2/c1-16-12-17(2)14-19(13-16)25(31)26-15-23(30)27-20-10-8-18(9-11-20)24-28-21-6-4-5-7-22(21)29(24)3/h4-14H,15H2,1-3H3,(H,26,31)(H,27,30). The van der Waals surface area contributed by atoms with Gasteiger partial charge in [-0.05, 0) is 62.4 Å². The molecule has 31 heavy (non-hydrogen) atoms. The summed E-state index contributed by atoms with van der Waals surface area (Å²) in [4.78, 5) is 29.3. The van der Waals surface area contributed by atoms with Crippen molar-refractivity contribution in [2.45, 2.75) is 13.8 Å². The van der Waals surface area contributed by atoms with E-state index in [9.17, 15) is 9.59 Å². The number of anilines is 1. The quantitative estimate of drug-likeness (QED) is 0.515. The van der Waals surface area contributed by atoms with Crippen LogP contribution in [0.1, 0.15) is 21.5 Å². The van der Waals surface area contributed by atoms with Gasteiger partial charge in [-0.25, -0.2) is 4.98 Å². The van der Waals surface area contributed by atoms with Crippen LogP contribution in [0.2, 0.25) is 0 Å². The number of amides is 2. The summed E-state index contributed by atoms with van der Waals surface area (Å²) < 4.78 is 2.05. The van der Waals surface area contributed by atoms with Crippen LogP contribution in [-0.2, 0) is 11.8 Å². The Morgan fingerprint density at radius 1 is 0.935 bits per heavy atom. The molecule has 0 aliphatic heterocycles. The van der Waals surface area contributed by atoms with Crippen molar-refractivity contribution in [2.24, 2.45) is 7.05 Å². The number of hydrogen-bond acceptors (Lipinski definition) is 3. The second kappa shape index (κ2) is 8.44. The number of nitrogens with zero attached hydrogens (tertiary/aromatic N) is 2. The maximum absolute atomic E-state index is 12.3. The van der Waals surface area contributed by atoms with E-state index >= 15 is 0 Å². The Balaban J connectivity index is 1.39. The molecule has 156 valence electrons. The van der Waals surface area contributed by atoms with Gasteiger partial charge in [0, 0.05) is 23.9 Å². The van der Waals surface area contributed by atoms with Crippen molar-refractivity contribution < 1.29 is 9.59 Å².